The van der Waals surface area contributed by atoms with E-state index in [9.17, 15) is 9.59 Å². The highest BCUT2D eigenvalue weighted by Crippen LogP contribution is 2.28. The second-order valence-corrected chi connectivity index (χ2v) is 8.35. The molecule has 10 heteroatoms. The number of nitrogens with one attached hydrogen (secondary N) is 1. The highest BCUT2D eigenvalue weighted by Gasteiger charge is 2.32. The first-order valence-corrected chi connectivity index (χ1v) is 10.9. The number of carbonyl (C=O) groups is 2. The molecule has 0 bridgehead atoms. The number of benzene rings is 1. The number of nitrogens with zero attached hydrogens (tertiary/aromatic N) is 4. The molecule has 4 rings (SSSR count). The largest absolute Gasteiger partial charge is 0.379 e. The quantitative estimate of drug-likeness (QED) is 0.652. The molecule has 1 amide bonds. The Balaban J connectivity index is 1.59. The number of Topliss-reactive ketones (excluding diaryl/α,β-unsaturated/α-hetero) is 1. The molecular weight excluding hydrogens is 441 g/mol. The number of hydrogen-bond acceptors (Lipinski definition) is 7. The number of morpholine rings is 1. The average Bonchev–Trinajstić information content (AvgIpc) is 2.79. The first kappa shape index (κ1) is 22.1. The minimum atomic E-state index is -0.425. The lowest BCUT2D eigenvalue weighted by Crippen LogP contribution is -2.56. The van der Waals surface area contributed by atoms with E-state index in [-0.39, 0.29) is 18.2 Å². The van der Waals surface area contributed by atoms with Crippen LogP contribution in [0.2, 0.25) is 10.0 Å². The lowest BCUT2D eigenvalue weighted by Gasteiger charge is -2.37. The van der Waals surface area contributed by atoms with Crippen molar-refractivity contribution in [1.82, 2.24) is 25.1 Å². The molecule has 31 heavy (non-hydrogen) atoms. The number of ether oxygens (including phenoxy) is 1. The van der Waals surface area contributed by atoms with Crippen LogP contribution in [0.5, 0.6) is 0 Å². The Bertz CT molecular complexity index is 968. The van der Waals surface area contributed by atoms with Crippen molar-refractivity contribution in [2.75, 3.05) is 52.5 Å². The number of carbonyl (C=O) groups excluding carboxylic acids is 2. The first-order chi connectivity index (χ1) is 15.0. The van der Waals surface area contributed by atoms with Crippen molar-refractivity contribution in [3.05, 3.63) is 46.3 Å². The minimum Gasteiger partial charge on any atom is -0.379 e. The molecule has 1 N–H and O–H groups in total. The molecule has 2 aliphatic heterocycles. The van der Waals surface area contributed by atoms with Crippen molar-refractivity contribution in [3.8, 4) is 11.3 Å². The van der Waals surface area contributed by atoms with Gasteiger partial charge in [-0.2, -0.15) is 0 Å². The van der Waals surface area contributed by atoms with Crippen molar-refractivity contribution in [2.24, 2.45) is 0 Å². The Hall–Kier alpha value is -2.10. The summed E-state index contributed by atoms with van der Waals surface area (Å²) in [5.41, 5.74) is 1.67. The molecule has 1 aromatic carbocycles. The molecule has 3 heterocycles. The Morgan fingerprint density at radius 3 is 2.68 bits per heavy atom. The molecule has 2 aliphatic rings. The van der Waals surface area contributed by atoms with Crippen molar-refractivity contribution in [1.29, 1.82) is 0 Å². The number of ketones is 1. The van der Waals surface area contributed by atoms with Crippen molar-refractivity contribution < 1.29 is 14.3 Å². The number of amides is 1. The number of hydrogen-bond donors (Lipinski definition) is 1. The van der Waals surface area contributed by atoms with E-state index in [0.717, 1.165) is 5.56 Å². The molecule has 0 aliphatic carbocycles. The van der Waals surface area contributed by atoms with Crippen molar-refractivity contribution in [3.63, 3.8) is 0 Å². The van der Waals surface area contributed by atoms with Gasteiger partial charge in [-0.3, -0.25) is 19.4 Å². The van der Waals surface area contributed by atoms with Crippen LogP contribution in [-0.4, -0.2) is 90.0 Å². The van der Waals surface area contributed by atoms with Gasteiger partial charge in [0.05, 0.1) is 41.5 Å². The monoisotopic (exact) mass is 463 g/mol. The van der Waals surface area contributed by atoms with E-state index in [2.05, 4.69) is 20.2 Å². The Morgan fingerprint density at radius 1 is 1.13 bits per heavy atom. The molecule has 2 aromatic rings. The van der Waals surface area contributed by atoms with E-state index < -0.39 is 6.04 Å². The number of halogens is 2. The molecule has 8 nitrogen and oxygen atoms in total. The fraction of sp³-hybridized carbons (Fsp3) is 0.429. The summed E-state index contributed by atoms with van der Waals surface area (Å²) in [4.78, 5) is 38.0. The fourth-order valence-corrected chi connectivity index (χ4v) is 4.12. The van der Waals surface area contributed by atoms with Crippen LogP contribution in [0, 0.1) is 0 Å². The minimum absolute atomic E-state index is 0.0247. The van der Waals surface area contributed by atoms with E-state index >= 15 is 0 Å². The Labute approximate surface area is 190 Å². The number of piperazine rings is 1. The van der Waals surface area contributed by atoms with Crippen LogP contribution in [0.1, 0.15) is 10.5 Å². The van der Waals surface area contributed by atoms with Crippen molar-refractivity contribution >= 4 is 34.9 Å². The second kappa shape index (κ2) is 10.0. The summed E-state index contributed by atoms with van der Waals surface area (Å²) in [5, 5.41) is 3.69. The van der Waals surface area contributed by atoms with Crippen LogP contribution in [0.3, 0.4) is 0 Å². The predicted molar refractivity (Wildman–Crippen MR) is 117 cm³/mol. The zero-order valence-corrected chi connectivity index (χ0v) is 18.4. The number of aromatic nitrogens is 2. The standard InChI is InChI=1S/C21H23Cl2N5O3/c22-15-2-1-14(9-16(15)23)17-10-18(26-13-25-17)21(30)19(28-5-7-31-8-6-28)11-27-4-3-24-20(29)12-27/h1-2,9-10,13,19H,3-8,11-12H2,(H,24,29). The third-order valence-electron chi connectivity index (χ3n) is 5.47. The average molecular weight is 464 g/mol. The van der Waals surface area contributed by atoms with Crippen LogP contribution in [-0.2, 0) is 9.53 Å². The summed E-state index contributed by atoms with van der Waals surface area (Å²) in [6, 6.07) is 6.47. The van der Waals surface area contributed by atoms with Gasteiger partial charge in [0.15, 0.2) is 5.78 Å². The van der Waals surface area contributed by atoms with Gasteiger partial charge in [0.1, 0.15) is 12.0 Å². The maximum Gasteiger partial charge on any atom is 0.234 e. The summed E-state index contributed by atoms with van der Waals surface area (Å²) in [7, 11) is 0. The molecule has 1 unspecified atom stereocenters. The summed E-state index contributed by atoms with van der Waals surface area (Å²) >= 11 is 12.2. The third kappa shape index (κ3) is 5.39. The molecule has 0 radical (unpaired) electrons. The van der Waals surface area contributed by atoms with E-state index in [1.165, 1.54) is 6.33 Å². The first-order valence-electron chi connectivity index (χ1n) is 10.1. The summed E-state index contributed by atoms with van der Waals surface area (Å²) in [6.07, 6.45) is 1.38. The van der Waals surface area contributed by atoms with Gasteiger partial charge in [0, 0.05) is 38.3 Å². The van der Waals surface area contributed by atoms with Gasteiger partial charge in [0.2, 0.25) is 5.91 Å². The summed E-state index contributed by atoms with van der Waals surface area (Å²) in [5.74, 6) is -0.125. The second-order valence-electron chi connectivity index (χ2n) is 7.53. The molecule has 0 spiro atoms. The van der Waals surface area contributed by atoms with Crippen LogP contribution in [0.15, 0.2) is 30.6 Å². The molecule has 2 saturated heterocycles. The highest BCUT2D eigenvalue weighted by atomic mass is 35.5. The zero-order valence-electron chi connectivity index (χ0n) is 16.9. The lowest BCUT2D eigenvalue weighted by molar-refractivity contribution is -0.124. The molecular formula is C21H23Cl2N5O3. The molecule has 1 aromatic heterocycles. The van der Waals surface area contributed by atoms with E-state index in [4.69, 9.17) is 27.9 Å². The SMILES string of the molecule is O=C1CN(CC(C(=O)c2cc(-c3ccc(Cl)c(Cl)c3)ncn2)N2CCOCC2)CCN1. The number of rotatable bonds is 6. The smallest absolute Gasteiger partial charge is 0.234 e. The highest BCUT2D eigenvalue weighted by molar-refractivity contribution is 6.42. The van der Waals surface area contributed by atoms with E-state index in [1.807, 2.05) is 4.90 Å². The molecule has 1 atom stereocenters. The topological polar surface area (TPSA) is 87.7 Å². The van der Waals surface area contributed by atoms with E-state index in [0.29, 0.717) is 67.4 Å². The van der Waals surface area contributed by atoms with Gasteiger partial charge in [-0.25, -0.2) is 9.97 Å². The summed E-state index contributed by atoms with van der Waals surface area (Å²) in [6.45, 7) is 4.48. The molecule has 2 fully saturated rings. The lowest BCUT2D eigenvalue weighted by atomic mass is 10.0. The van der Waals surface area contributed by atoms with Gasteiger partial charge in [-0.15, -0.1) is 0 Å². The Kier molecular flexibility index (Phi) is 7.14. The van der Waals surface area contributed by atoms with Gasteiger partial charge < -0.3 is 10.1 Å². The van der Waals surface area contributed by atoms with Gasteiger partial charge in [-0.05, 0) is 18.2 Å². The normalized spacial score (nSPS) is 19.1. The van der Waals surface area contributed by atoms with Crippen LogP contribution < -0.4 is 5.32 Å². The van der Waals surface area contributed by atoms with Crippen LogP contribution >= 0.6 is 23.2 Å². The predicted octanol–water partition coefficient (Wildman–Crippen LogP) is 1.77. The summed E-state index contributed by atoms with van der Waals surface area (Å²) < 4.78 is 5.46. The van der Waals surface area contributed by atoms with Crippen LogP contribution in [0.4, 0.5) is 0 Å². The third-order valence-corrected chi connectivity index (χ3v) is 6.21. The zero-order chi connectivity index (χ0) is 21.8. The Morgan fingerprint density at radius 2 is 1.94 bits per heavy atom. The van der Waals surface area contributed by atoms with Crippen molar-refractivity contribution in [2.45, 2.75) is 6.04 Å². The molecule has 164 valence electrons. The van der Waals surface area contributed by atoms with Gasteiger partial charge in [-0.1, -0.05) is 29.3 Å². The fourth-order valence-electron chi connectivity index (χ4n) is 3.82. The van der Waals surface area contributed by atoms with E-state index in [1.54, 1.807) is 24.3 Å². The molecule has 0 saturated carbocycles. The van der Waals surface area contributed by atoms with Gasteiger partial charge >= 0.3 is 0 Å². The maximum atomic E-state index is 13.6. The van der Waals surface area contributed by atoms with Gasteiger partial charge in [0.25, 0.3) is 0 Å². The van der Waals surface area contributed by atoms with Crippen LogP contribution in [0.25, 0.3) is 11.3 Å². The maximum absolute atomic E-state index is 13.6.